The van der Waals surface area contributed by atoms with Crippen LogP contribution in [0.5, 0.6) is 0 Å². The lowest BCUT2D eigenvalue weighted by Gasteiger charge is -2.15. The average Bonchev–Trinajstić information content (AvgIpc) is 3.38. The van der Waals surface area contributed by atoms with Gasteiger partial charge < -0.3 is 4.57 Å². The van der Waals surface area contributed by atoms with Gasteiger partial charge in [-0.2, -0.15) is 0 Å². The molecule has 0 aliphatic heterocycles. The maximum atomic E-state index is 8.91. The fraction of sp³-hybridized carbons (Fsp3) is 0.114. The first-order chi connectivity index (χ1) is 21.3. The molecule has 7 aromatic rings. The molecule has 0 amide bonds. The van der Waals surface area contributed by atoms with Crippen molar-refractivity contribution in [2.24, 2.45) is 7.05 Å². The second-order valence-electron chi connectivity index (χ2n) is 9.71. The van der Waals surface area contributed by atoms with Gasteiger partial charge in [-0.05, 0) is 67.6 Å². The summed E-state index contributed by atoms with van der Waals surface area (Å²) in [5, 5.41) is 3.86. The summed E-state index contributed by atoms with van der Waals surface area (Å²) in [5.41, 5.74) is 6.59. The number of nitrogens with zero attached hydrogens (tertiary/aromatic N) is 2. The van der Waals surface area contributed by atoms with Crippen LogP contribution in [-0.2, 0) is 7.05 Å². The molecule has 0 spiro atoms. The lowest BCUT2D eigenvalue weighted by Crippen LogP contribution is -2.30. The monoisotopic (exact) mass is 485 g/mol. The molecule has 0 atom stereocenters. The molecule has 2 heterocycles. The molecule has 2 heteroatoms. The van der Waals surface area contributed by atoms with Crippen molar-refractivity contribution >= 4 is 43.4 Å². The van der Waals surface area contributed by atoms with Crippen LogP contribution in [0.15, 0.2) is 103 Å². The molecule has 0 bridgehead atoms. The van der Waals surface area contributed by atoms with E-state index in [4.69, 9.17) is 11.0 Å². The molecule has 2 aromatic heterocycles. The van der Waals surface area contributed by atoms with Crippen LogP contribution in [0.4, 0.5) is 0 Å². The number of pyridine rings is 1. The van der Waals surface area contributed by atoms with Gasteiger partial charge in [-0.1, -0.05) is 66.1 Å². The molecule has 0 unspecified atom stereocenters. The Labute approximate surface area is 228 Å². The lowest BCUT2D eigenvalue weighted by molar-refractivity contribution is -0.659. The first kappa shape index (κ1) is 15.0. The zero-order chi connectivity index (χ0) is 32.2. The highest BCUT2D eigenvalue weighted by atomic mass is 15.0. The summed E-state index contributed by atoms with van der Waals surface area (Å²) in [5.74, 6) is 0. The molecule has 2 nitrogen and oxygen atoms in total. The summed E-state index contributed by atoms with van der Waals surface area (Å²) in [7, 11) is 2.03. The molecule has 178 valence electrons. The van der Waals surface area contributed by atoms with Crippen molar-refractivity contribution in [2.75, 3.05) is 0 Å². The largest absolute Gasteiger partial charge is 0.309 e. The summed E-state index contributed by atoms with van der Waals surface area (Å²) >= 11 is 0. The van der Waals surface area contributed by atoms with Gasteiger partial charge in [0, 0.05) is 27.6 Å². The zero-order valence-electron chi connectivity index (χ0n) is 29.1. The van der Waals surface area contributed by atoms with Crippen molar-refractivity contribution in [3.8, 4) is 16.9 Å². The van der Waals surface area contributed by atoms with Gasteiger partial charge in [0.2, 0.25) is 5.69 Å². The second kappa shape index (κ2) is 8.04. The predicted octanol–water partition coefficient (Wildman–Crippen LogP) is 8.51. The van der Waals surface area contributed by atoms with Crippen LogP contribution in [-0.4, -0.2) is 4.57 Å². The maximum Gasteiger partial charge on any atom is 0.220 e. The fourth-order valence-corrected chi connectivity index (χ4v) is 5.68. The Hall–Kier alpha value is -4.43. The van der Waals surface area contributed by atoms with Crippen LogP contribution in [0, 0.1) is 20.8 Å². The number of rotatable bonds is 2. The highest BCUT2D eigenvalue weighted by Crippen LogP contribution is 2.38. The van der Waals surface area contributed by atoms with Crippen molar-refractivity contribution in [3.63, 3.8) is 0 Å². The van der Waals surface area contributed by atoms with Gasteiger partial charge in [0.25, 0.3) is 0 Å². The van der Waals surface area contributed by atoms with Crippen molar-refractivity contribution in [1.82, 2.24) is 4.57 Å². The Kier molecular flexibility index (Phi) is 3.25. The quantitative estimate of drug-likeness (QED) is 0.171. The van der Waals surface area contributed by atoms with Gasteiger partial charge >= 0.3 is 0 Å². The zero-order valence-corrected chi connectivity index (χ0v) is 21.1. The third kappa shape index (κ3) is 3.15. The minimum atomic E-state index is -0.454. The predicted molar refractivity (Wildman–Crippen MR) is 157 cm³/mol. The van der Waals surface area contributed by atoms with Gasteiger partial charge in [0.1, 0.15) is 7.05 Å². The highest BCUT2D eigenvalue weighted by molar-refractivity contribution is 6.15. The second-order valence-corrected chi connectivity index (χ2v) is 9.71. The van der Waals surface area contributed by atoms with Crippen molar-refractivity contribution in [1.29, 1.82) is 0 Å². The molecule has 5 aromatic carbocycles. The minimum Gasteiger partial charge on any atom is -0.309 e. The molecule has 0 fully saturated rings. The Balaban J connectivity index is 1.67. The van der Waals surface area contributed by atoms with Crippen molar-refractivity contribution < 1.29 is 15.5 Å². The Morgan fingerprint density at radius 3 is 2.05 bits per heavy atom. The molecular formula is C35H29N2+. The van der Waals surface area contributed by atoms with E-state index < -0.39 is 24.2 Å². The number of fused-ring (bicyclic) bond motifs is 6. The van der Waals surface area contributed by atoms with Gasteiger partial charge in [0.15, 0.2) is 6.20 Å². The third-order valence-electron chi connectivity index (χ3n) is 7.49. The molecule has 0 aliphatic carbocycles. The summed E-state index contributed by atoms with van der Waals surface area (Å²) in [4.78, 5) is 0. The van der Waals surface area contributed by atoms with E-state index in [9.17, 15) is 0 Å². The standard InChI is InChI=1S/C35H29N2/c1-22-20-23(2)24(3)31(21-22)35-30-17-16-29-25(26(30)18-19-36(35)4)12-9-15-34(29)37-32-13-7-5-10-27(32)28-11-6-8-14-33(28)37/h5-21H,1-4H3/q+1/i5D,6D,7D,8D,10D,11D,13D,14D. The molecule has 0 aliphatic rings. The van der Waals surface area contributed by atoms with E-state index in [1.807, 2.05) is 37.5 Å². The van der Waals surface area contributed by atoms with Crippen LogP contribution >= 0.6 is 0 Å². The first-order valence-electron chi connectivity index (χ1n) is 16.3. The van der Waals surface area contributed by atoms with Gasteiger partial charge in [-0.15, -0.1) is 0 Å². The number of aryl methyl sites for hydroxylation is 3. The van der Waals surface area contributed by atoms with E-state index in [1.54, 1.807) is 4.57 Å². The SMILES string of the molecule is [2H]c1c([2H])c([2H])c2c(c1[2H])c1c([2H])c([2H])c([2H])c([2H])c1n2-c1cccc2c1ccc1c(-c3cc(C)cc(C)c3C)[n+](C)ccc12. The van der Waals surface area contributed by atoms with Crippen LogP contribution in [0.1, 0.15) is 27.7 Å². The molecule has 0 radical (unpaired) electrons. The van der Waals surface area contributed by atoms with E-state index in [-0.39, 0.29) is 46.0 Å². The Morgan fingerprint density at radius 1 is 0.676 bits per heavy atom. The minimum absolute atomic E-state index is 0.0698. The smallest absolute Gasteiger partial charge is 0.220 e. The Bertz CT molecular complexity index is 2380. The molecule has 37 heavy (non-hydrogen) atoms. The van der Waals surface area contributed by atoms with Gasteiger partial charge in [-0.25, -0.2) is 4.57 Å². The van der Waals surface area contributed by atoms with Crippen LogP contribution < -0.4 is 4.57 Å². The Morgan fingerprint density at radius 2 is 1.32 bits per heavy atom. The van der Waals surface area contributed by atoms with E-state index in [0.29, 0.717) is 5.69 Å². The van der Waals surface area contributed by atoms with Crippen LogP contribution in [0.2, 0.25) is 0 Å². The fourth-order valence-electron chi connectivity index (χ4n) is 5.68. The molecule has 7 rings (SSSR count). The van der Waals surface area contributed by atoms with E-state index in [2.05, 4.69) is 49.6 Å². The average molecular weight is 486 g/mol. The first-order valence-corrected chi connectivity index (χ1v) is 12.3. The summed E-state index contributed by atoms with van der Waals surface area (Å²) in [6.45, 7) is 6.35. The van der Waals surface area contributed by atoms with E-state index in [0.717, 1.165) is 32.8 Å². The molecular weight excluding hydrogens is 448 g/mol. The number of aromatic nitrogens is 2. The van der Waals surface area contributed by atoms with Crippen LogP contribution in [0.3, 0.4) is 0 Å². The van der Waals surface area contributed by atoms with Crippen molar-refractivity contribution in [2.45, 2.75) is 20.8 Å². The number of para-hydroxylation sites is 2. The normalized spacial score (nSPS) is 14.8. The highest BCUT2D eigenvalue weighted by Gasteiger charge is 2.21. The third-order valence-corrected chi connectivity index (χ3v) is 7.49. The maximum absolute atomic E-state index is 8.91. The van der Waals surface area contributed by atoms with E-state index >= 15 is 0 Å². The van der Waals surface area contributed by atoms with Crippen LogP contribution in [0.25, 0.3) is 60.3 Å². The molecule has 0 saturated heterocycles. The summed E-state index contributed by atoms with van der Waals surface area (Å²) < 4.78 is 72.7. The summed E-state index contributed by atoms with van der Waals surface area (Å²) in [6.07, 6.45) is 2.04. The van der Waals surface area contributed by atoms with E-state index in [1.165, 1.54) is 16.7 Å². The van der Waals surface area contributed by atoms with Gasteiger partial charge in [0.05, 0.1) is 38.6 Å². The number of benzene rings is 5. The summed E-state index contributed by atoms with van der Waals surface area (Å²) in [6, 6.07) is 13.1. The van der Waals surface area contributed by atoms with Gasteiger partial charge in [-0.3, -0.25) is 0 Å². The lowest BCUT2D eigenvalue weighted by atomic mass is 9.93. The number of hydrogen-bond donors (Lipinski definition) is 0. The number of hydrogen-bond acceptors (Lipinski definition) is 0. The topological polar surface area (TPSA) is 8.81 Å². The molecule has 0 saturated carbocycles. The molecule has 0 N–H and O–H groups in total. The van der Waals surface area contributed by atoms with Crippen molar-refractivity contribution in [3.05, 3.63) is 120 Å².